The largest absolute Gasteiger partial charge is 0.464 e. The highest BCUT2D eigenvalue weighted by molar-refractivity contribution is 5.86. The molecular formula is C29H55NO4. The Kier molecular flexibility index (Phi) is 16.4. The van der Waals surface area contributed by atoms with E-state index in [9.17, 15) is 9.59 Å². The predicted molar refractivity (Wildman–Crippen MR) is 141 cm³/mol. The van der Waals surface area contributed by atoms with E-state index in [1.54, 1.807) is 0 Å². The number of alkyl carbamates (subject to hydrolysis) is 1. The first-order valence-electron chi connectivity index (χ1n) is 14.4. The Labute approximate surface area is 210 Å². The molecule has 0 radical (unpaired) electrons. The van der Waals surface area contributed by atoms with Gasteiger partial charge in [0.15, 0.2) is 0 Å². The summed E-state index contributed by atoms with van der Waals surface area (Å²) in [5.41, 5.74) is -1.00. The summed E-state index contributed by atoms with van der Waals surface area (Å²) < 4.78 is 10.9. The van der Waals surface area contributed by atoms with Crippen molar-refractivity contribution in [3.8, 4) is 0 Å². The van der Waals surface area contributed by atoms with Gasteiger partial charge in [0.25, 0.3) is 0 Å². The van der Waals surface area contributed by atoms with E-state index in [2.05, 4.69) is 12.2 Å². The van der Waals surface area contributed by atoms with E-state index < -0.39 is 11.6 Å². The Balaban J connectivity index is 2.03. The van der Waals surface area contributed by atoms with Gasteiger partial charge in [0, 0.05) is 0 Å². The first kappa shape index (κ1) is 30.8. The smallest absolute Gasteiger partial charge is 0.408 e. The van der Waals surface area contributed by atoms with Gasteiger partial charge in [0.1, 0.15) is 5.54 Å². The van der Waals surface area contributed by atoms with Crippen molar-refractivity contribution in [3.63, 3.8) is 0 Å². The minimum atomic E-state index is -0.898. The van der Waals surface area contributed by atoms with Crippen LogP contribution in [0.4, 0.5) is 4.79 Å². The van der Waals surface area contributed by atoms with Gasteiger partial charge in [-0.2, -0.15) is 0 Å². The van der Waals surface area contributed by atoms with Gasteiger partial charge in [-0.3, -0.25) is 0 Å². The molecule has 0 aromatic heterocycles. The first-order valence-corrected chi connectivity index (χ1v) is 14.4. The number of carbonyl (C=O) groups is 2. The summed E-state index contributed by atoms with van der Waals surface area (Å²) in [5.74, 6) is -0.289. The maximum absolute atomic E-state index is 12.8. The van der Waals surface area contributed by atoms with Crippen LogP contribution in [-0.2, 0) is 14.3 Å². The predicted octanol–water partition coefficient (Wildman–Crippen LogP) is 8.49. The summed E-state index contributed by atoms with van der Waals surface area (Å²) in [6, 6.07) is 0. The molecule has 1 aliphatic rings. The highest BCUT2D eigenvalue weighted by atomic mass is 16.6. The summed E-state index contributed by atoms with van der Waals surface area (Å²) in [6.07, 6.45) is 22.3. The van der Waals surface area contributed by atoms with Crippen molar-refractivity contribution in [2.45, 2.75) is 155 Å². The van der Waals surface area contributed by atoms with Crippen molar-refractivity contribution in [3.05, 3.63) is 0 Å². The molecule has 5 heteroatoms. The van der Waals surface area contributed by atoms with Crippen LogP contribution in [0.3, 0.4) is 0 Å². The van der Waals surface area contributed by atoms with Gasteiger partial charge in [0.2, 0.25) is 0 Å². The van der Waals surface area contributed by atoms with Crippen LogP contribution >= 0.6 is 0 Å². The summed E-state index contributed by atoms with van der Waals surface area (Å²) in [6.45, 7) is 9.07. The van der Waals surface area contributed by atoms with Crippen LogP contribution in [-0.4, -0.2) is 30.8 Å². The van der Waals surface area contributed by atoms with Gasteiger partial charge in [-0.25, -0.2) is 9.59 Å². The average Bonchev–Trinajstić information content (AvgIpc) is 3.26. The molecule has 0 aromatic rings. The second-order valence-electron chi connectivity index (χ2n) is 11.6. The van der Waals surface area contributed by atoms with E-state index in [0.29, 0.717) is 26.1 Å². The van der Waals surface area contributed by atoms with Gasteiger partial charge < -0.3 is 14.8 Å². The summed E-state index contributed by atoms with van der Waals surface area (Å²) >= 11 is 0. The SMILES string of the molecule is CCCCCCCCCCCCCCCCCOC(=O)C1(NC(=O)OCC(C)(C)C)CCCC1. The van der Waals surface area contributed by atoms with E-state index >= 15 is 0 Å². The lowest BCUT2D eigenvalue weighted by Crippen LogP contribution is -2.53. The Morgan fingerprint density at radius 3 is 1.59 bits per heavy atom. The minimum absolute atomic E-state index is 0.103. The number of unbranched alkanes of at least 4 members (excludes halogenated alkanes) is 14. The molecule has 1 N–H and O–H groups in total. The van der Waals surface area contributed by atoms with Crippen molar-refractivity contribution in [1.29, 1.82) is 0 Å². The van der Waals surface area contributed by atoms with Crippen molar-refractivity contribution < 1.29 is 19.1 Å². The molecule has 0 aromatic carbocycles. The molecule has 0 aliphatic heterocycles. The zero-order valence-corrected chi connectivity index (χ0v) is 23.0. The van der Waals surface area contributed by atoms with Crippen LogP contribution in [0.5, 0.6) is 0 Å². The number of ether oxygens (including phenoxy) is 2. The zero-order valence-electron chi connectivity index (χ0n) is 23.0. The third-order valence-corrected chi connectivity index (χ3v) is 6.81. The lowest BCUT2D eigenvalue weighted by atomic mass is 9.98. The monoisotopic (exact) mass is 481 g/mol. The molecule has 0 unspecified atom stereocenters. The highest BCUT2D eigenvalue weighted by Crippen LogP contribution is 2.31. The van der Waals surface area contributed by atoms with Crippen LogP contribution in [0.2, 0.25) is 0 Å². The van der Waals surface area contributed by atoms with Crippen LogP contribution in [0.25, 0.3) is 0 Å². The Bertz CT molecular complexity index is 535. The molecule has 200 valence electrons. The van der Waals surface area contributed by atoms with E-state index in [-0.39, 0.29) is 11.4 Å². The summed E-state index contributed by atoms with van der Waals surface area (Å²) in [5, 5.41) is 2.83. The van der Waals surface area contributed by atoms with Crippen LogP contribution in [0.1, 0.15) is 150 Å². The number of hydrogen-bond acceptors (Lipinski definition) is 4. The molecule has 0 heterocycles. The molecular weight excluding hydrogens is 426 g/mol. The molecule has 5 nitrogen and oxygen atoms in total. The Hall–Kier alpha value is -1.26. The minimum Gasteiger partial charge on any atom is -0.464 e. The van der Waals surface area contributed by atoms with Crippen LogP contribution < -0.4 is 5.32 Å². The molecule has 34 heavy (non-hydrogen) atoms. The maximum atomic E-state index is 12.8. The van der Waals surface area contributed by atoms with Crippen LogP contribution in [0.15, 0.2) is 0 Å². The summed E-state index contributed by atoms with van der Waals surface area (Å²) in [7, 11) is 0. The van der Waals surface area contributed by atoms with E-state index in [0.717, 1.165) is 25.7 Å². The number of hydrogen-bond donors (Lipinski definition) is 1. The quantitative estimate of drug-likeness (QED) is 0.148. The summed E-state index contributed by atoms with van der Waals surface area (Å²) in [4.78, 5) is 25.0. The van der Waals surface area contributed by atoms with Gasteiger partial charge >= 0.3 is 12.1 Å². The van der Waals surface area contributed by atoms with Crippen molar-refractivity contribution in [2.24, 2.45) is 5.41 Å². The second-order valence-corrected chi connectivity index (χ2v) is 11.6. The molecule has 0 spiro atoms. The van der Waals surface area contributed by atoms with E-state index in [1.165, 1.54) is 83.5 Å². The second kappa shape index (κ2) is 18.1. The normalized spacial score (nSPS) is 15.3. The number of carbonyl (C=O) groups excluding carboxylic acids is 2. The third kappa shape index (κ3) is 14.9. The van der Waals surface area contributed by atoms with E-state index in [1.807, 2.05) is 20.8 Å². The van der Waals surface area contributed by atoms with Crippen molar-refractivity contribution in [2.75, 3.05) is 13.2 Å². The molecule has 1 saturated carbocycles. The Morgan fingerprint density at radius 1 is 0.706 bits per heavy atom. The van der Waals surface area contributed by atoms with Gasteiger partial charge in [-0.15, -0.1) is 0 Å². The molecule has 1 fully saturated rings. The molecule has 1 aliphatic carbocycles. The van der Waals surface area contributed by atoms with E-state index in [4.69, 9.17) is 9.47 Å². The maximum Gasteiger partial charge on any atom is 0.408 e. The first-order chi connectivity index (χ1) is 16.3. The fourth-order valence-electron chi connectivity index (χ4n) is 4.65. The fourth-order valence-corrected chi connectivity index (χ4v) is 4.65. The van der Waals surface area contributed by atoms with Gasteiger partial charge in [-0.1, -0.05) is 130 Å². The standard InChI is InChI=1S/C29H55NO4/c1-5-6-7-8-9-10-11-12-13-14-15-16-17-18-21-24-33-26(31)29(22-19-20-23-29)30-27(32)34-25-28(2,3)4/h5-25H2,1-4H3,(H,30,32). The number of amides is 1. The zero-order chi connectivity index (χ0) is 25.1. The number of esters is 1. The van der Waals surface area contributed by atoms with Crippen molar-refractivity contribution in [1.82, 2.24) is 5.32 Å². The topological polar surface area (TPSA) is 64.6 Å². The Morgan fingerprint density at radius 2 is 1.15 bits per heavy atom. The molecule has 0 atom stereocenters. The molecule has 1 amide bonds. The molecule has 0 saturated heterocycles. The van der Waals surface area contributed by atoms with Gasteiger partial charge in [0.05, 0.1) is 13.2 Å². The van der Waals surface area contributed by atoms with Gasteiger partial charge in [-0.05, 0) is 24.7 Å². The molecule has 1 rings (SSSR count). The molecule has 0 bridgehead atoms. The number of nitrogens with one attached hydrogen (secondary N) is 1. The average molecular weight is 482 g/mol. The highest BCUT2D eigenvalue weighted by Gasteiger charge is 2.44. The lowest BCUT2D eigenvalue weighted by Gasteiger charge is -2.28. The fraction of sp³-hybridized carbons (Fsp3) is 0.931. The van der Waals surface area contributed by atoms with Crippen LogP contribution in [0, 0.1) is 5.41 Å². The third-order valence-electron chi connectivity index (χ3n) is 6.81. The van der Waals surface area contributed by atoms with Crippen molar-refractivity contribution >= 4 is 12.1 Å². The lowest BCUT2D eigenvalue weighted by molar-refractivity contribution is -0.151. The number of rotatable bonds is 19.